The molecule has 12 amide bonds. The number of benzene rings is 1. The van der Waals surface area contributed by atoms with Gasteiger partial charge in [-0.2, -0.15) is 12.6 Å². The Labute approximate surface area is 519 Å². The Bertz CT molecular complexity index is 2490. The predicted octanol–water partition coefficient (Wildman–Crippen LogP) is 4.11. The molecule has 0 radical (unpaired) electrons. The number of primary amides is 1. The van der Waals surface area contributed by atoms with Crippen molar-refractivity contribution in [2.24, 2.45) is 35.3 Å². The summed E-state index contributed by atoms with van der Waals surface area (Å²) in [5.74, 6) is -5.32. The number of likely N-dealkylation sites (N-methyl/N-ethyl adjacent to an activating group) is 2. The second-order valence-corrected chi connectivity index (χ2v) is 24.6. The number of hydrogen-bond donors (Lipinski definition) is 8. The van der Waals surface area contributed by atoms with E-state index in [0.29, 0.717) is 56.4 Å². The van der Waals surface area contributed by atoms with E-state index in [9.17, 15) is 52.7 Å². The number of hydrogen-bond acceptors (Lipinski definition) is 15. The van der Waals surface area contributed by atoms with Crippen molar-refractivity contribution in [1.29, 1.82) is 0 Å². The second kappa shape index (κ2) is 36.7. The average Bonchev–Trinajstić information content (AvgIpc) is 3.11. The molecule has 11 atom stereocenters. The van der Waals surface area contributed by atoms with E-state index in [1.54, 1.807) is 82.8 Å². The molecule has 2 saturated heterocycles. The Hall–Kier alpha value is -6.54. The summed E-state index contributed by atoms with van der Waals surface area (Å²) < 4.78 is 17.6. The number of nitrogens with two attached hydrogens (primary N) is 1. The molecule has 26 heteroatoms. The number of thiol groups is 1. The van der Waals surface area contributed by atoms with Gasteiger partial charge >= 0.3 is 12.1 Å². The van der Waals surface area contributed by atoms with E-state index in [4.69, 9.17) is 19.9 Å². The molecule has 8 N–H and O–H groups in total. The summed E-state index contributed by atoms with van der Waals surface area (Å²) in [6, 6.07) is 0.522. The van der Waals surface area contributed by atoms with Crippen molar-refractivity contribution in [1.82, 2.24) is 46.2 Å². The number of nitrogens with one attached hydrogen (secondary N) is 6. The summed E-state index contributed by atoms with van der Waals surface area (Å²) in [6.07, 6.45) is 1.95. The highest BCUT2D eigenvalue weighted by atomic mass is 32.1. The fourth-order valence-electron chi connectivity index (χ4n) is 11.3. The maximum Gasteiger partial charge on any atom is 0.410 e. The smallest absolute Gasteiger partial charge is 0.410 e. The van der Waals surface area contributed by atoms with Gasteiger partial charge in [-0.1, -0.05) is 87.3 Å². The number of amides is 12. The van der Waals surface area contributed by atoms with Crippen molar-refractivity contribution >= 4 is 83.6 Å². The van der Waals surface area contributed by atoms with E-state index in [2.05, 4.69) is 44.5 Å². The van der Waals surface area contributed by atoms with Gasteiger partial charge in [-0.05, 0) is 86.8 Å². The number of carbonyl (C=O) groups is 11. The van der Waals surface area contributed by atoms with Gasteiger partial charge in [-0.3, -0.25) is 53.0 Å². The maximum absolute atomic E-state index is 14.7. The van der Waals surface area contributed by atoms with Crippen LogP contribution < -0.4 is 37.6 Å². The van der Waals surface area contributed by atoms with Crippen LogP contribution in [0.25, 0.3) is 0 Å². The minimum absolute atomic E-state index is 0.0426. The molecule has 2 heterocycles. The van der Waals surface area contributed by atoms with Gasteiger partial charge in [0.05, 0.1) is 41.9 Å². The van der Waals surface area contributed by atoms with Crippen molar-refractivity contribution < 1.29 is 67.0 Å². The summed E-state index contributed by atoms with van der Waals surface area (Å²) in [5, 5.41) is 15.9. The Morgan fingerprint density at radius 3 is 1.97 bits per heavy atom. The summed E-state index contributed by atoms with van der Waals surface area (Å²) in [6.45, 7) is 19.4. The zero-order valence-electron chi connectivity index (χ0n) is 53.7. The standard InChI is InChI=1S/C61H101N11O14S/c1-15-38(9)52(44(84-13)32-47(74)71-31-21-23-43(71)53(85-14)39(10)54(76)63-16-2)69(11)59(81)50(36(5)6)68-57(79)51(37(7)8)70(12)61(83)86-34-40-25-27-41(28-26-40)65-55(77)42(22-20-29-64-60(62)82)66-56(78)49(35(3)4)67-46(73)24-18-17-19-30-72-48(75)33-45(87)58(72)80/h25-28,35-39,42-45,49-53,87H,15-24,29-34H2,1-14H3,(H,63,76)(H,65,77)(H,66,78)(H,67,73)(H,68,79)(H3,62,64,82). The molecule has 3 rings (SSSR count). The number of imide groups is 1. The summed E-state index contributed by atoms with van der Waals surface area (Å²) in [4.78, 5) is 152. The van der Waals surface area contributed by atoms with Crippen molar-refractivity contribution in [3.05, 3.63) is 29.8 Å². The molecule has 0 aliphatic carbocycles. The van der Waals surface area contributed by atoms with Crippen molar-refractivity contribution in [3.8, 4) is 0 Å². The third-order valence-corrected chi connectivity index (χ3v) is 16.8. The lowest BCUT2D eigenvalue weighted by Gasteiger charge is -2.41. The number of unbranched alkanes of at least 4 members (excludes halogenated alkanes) is 2. The molecule has 87 heavy (non-hydrogen) atoms. The van der Waals surface area contributed by atoms with Crippen molar-refractivity contribution in [3.63, 3.8) is 0 Å². The minimum Gasteiger partial charge on any atom is -0.445 e. The molecule has 11 unspecified atom stereocenters. The number of urea groups is 1. The minimum atomic E-state index is -1.11. The van der Waals surface area contributed by atoms with Crippen LogP contribution in [0.5, 0.6) is 0 Å². The van der Waals surface area contributed by atoms with Crippen LogP contribution in [0.4, 0.5) is 15.3 Å². The Morgan fingerprint density at radius 1 is 0.759 bits per heavy atom. The van der Waals surface area contributed by atoms with Gasteiger partial charge in [0.25, 0.3) is 0 Å². The van der Waals surface area contributed by atoms with Gasteiger partial charge in [0, 0.05) is 73.0 Å². The zero-order chi connectivity index (χ0) is 65.4. The third-order valence-electron chi connectivity index (χ3n) is 16.4. The molecule has 2 aliphatic heterocycles. The van der Waals surface area contributed by atoms with Gasteiger partial charge in [0.15, 0.2) is 0 Å². The number of likely N-dealkylation sites (tertiary alicyclic amines) is 2. The van der Waals surface area contributed by atoms with Crippen LogP contribution in [-0.4, -0.2) is 193 Å². The summed E-state index contributed by atoms with van der Waals surface area (Å²) in [7, 11) is 6.14. The normalized spacial score (nSPS) is 18.2. The Balaban J connectivity index is 1.67. The van der Waals surface area contributed by atoms with Crippen molar-refractivity contribution in [2.75, 3.05) is 59.8 Å². The number of carbonyl (C=O) groups excluding carboxylic acids is 11. The van der Waals surface area contributed by atoms with Crippen LogP contribution >= 0.6 is 12.6 Å². The van der Waals surface area contributed by atoms with Gasteiger partial charge in [0.2, 0.25) is 53.2 Å². The molecule has 25 nitrogen and oxygen atoms in total. The molecule has 2 fully saturated rings. The highest BCUT2D eigenvalue weighted by Crippen LogP contribution is 2.30. The fourth-order valence-corrected chi connectivity index (χ4v) is 11.6. The molecule has 0 aromatic heterocycles. The molecular weight excluding hydrogens is 1140 g/mol. The average molecular weight is 1240 g/mol. The van der Waals surface area contributed by atoms with Gasteiger partial charge in [0.1, 0.15) is 30.8 Å². The first-order valence-electron chi connectivity index (χ1n) is 30.7. The van der Waals surface area contributed by atoms with Gasteiger partial charge in [-0.25, -0.2) is 9.59 Å². The largest absolute Gasteiger partial charge is 0.445 e. The lowest BCUT2D eigenvalue weighted by atomic mass is 9.89. The molecule has 1 aromatic rings. The highest BCUT2D eigenvalue weighted by molar-refractivity contribution is 7.81. The van der Waals surface area contributed by atoms with E-state index in [1.165, 1.54) is 24.0 Å². The Morgan fingerprint density at radius 2 is 1.41 bits per heavy atom. The number of methoxy groups -OCH3 is 2. The van der Waals surface area contributed by atoms with E-state index in [1.807, 2.05) is 34.6 Å². The molecule has 2 aliphatic rings. The first kappa shape index (κ1) is 74.7. The topological polar surface area (TPSA) is 327 Å². The SMILES string of the molecule is CCNC(=O)C(C)C(OC)C1CCCN1C(=O)CC(OC)C(C(C)CC)N(C)C(=O)C(NC(=O)C(C(C)C)N(C)C(=O)OCc1ccc(NC(=O)C(CCCNC(N)=O)NC(=O)C(NC(=O)CCCCCN2C(=O)CC(S)C2=O)C(C)C)cc1)C(C)C. The van der Waals surface area contributed by atoms with Crippen LogP contribution in [0.15, 0.2) is 24.3 Å². The number of nitrogens with zero attached hydrogens (tertiary/aromatic N) is 4. The molecular formula is C61H101N11O14S. The quantitative estimate of drug-likeness (QED) is 0.0267. The fraction of sp³-hybridized carbons (Fsp3) is 0.721. The second-order valence-electron chi connectivity index (χ2n) is 24.0. The van der Waals surface area contributed by atoms with E-state index in [-0.39, 0.29) is 99.2 Å². The Kier molecular flexibility index (Phi) is 31.5. The molecule has 0 spiro atoms. The van der Waals surface area contributed by atoms with E-state index >= 15 is 0 Å². The number of rotatable bonds is 36. The van der Waals surface area contributed by atoms with Gasteiger partial charge in [-0.15, -0.1) is 0 Å². The molecule has 1 aromatic carbocycles. The maximum atomic E-state index is 14.7. The predicted molar refractivity (Wildman–Crippen MR) is 331 cm³/mol. The van der Waals surface area contributed by atoms with Crippen LogP contribution in [0, 0.1) is 29.6 Å². The lowest BCUT2D eigenvalue weighted by Crippen LogP contribution is -2.60. The molecule has 0 saturated carbocycles. The van der Waals surface area contributed by atoms with Crippen LogP contribution in [0.1, 0.15) is 145 Å². The molecule has 0 bridgehead atoms. The first-order valence-corrected chi connectivity index (χ1v) is 31.2. The van der Waals surface area contributed by atoms with Crippen LogP contribution in [0.3, 0.4) is 0 Å². The number of anilines is 1. The lowest BCUT2D eigenvalue weighted by molar-refractivity contribution is -0.148. The van der Waals surface area contributed by atoms with E-state index < -0.39 is 101 Å². The monoisotopic (exact) mass is 1240 g/mol. The van der Waals surface area contributed by atoms with Crippen LogP contribution in [-0.2, 0) is 64.0 Å². The summed E-state index contributed by atoms with van der Waals surface area (Å²) >= 11 is 4.14. The summed E-state index contributed by atoms with van der Waals surface area (Å²) in [5.41, 5.74) is 6.11. The highest BCUT2D eigenvalue weighted by Gasteiger charge is 2.44. The van der Waals surface area contributed by atoms with Crippen LogP contribution in [0.2, 0.25) is 0 Å². The van der Waals surface area contributed by atoms with E-state index in [0.717, 1.165) is 6.42 Å². The van der Waals surface area contributed by atoms with Gasteiger partial charge < -0.3 is 61.6 Å². The third kappa shape index (κ3) is 22.2. The molecule has 490 valence electrons. The first-order chi connectivity index (χ1) is 41.0. The zero-order valence-corrected chi connectivity index (χ0v) is 54.6. The number of ether oxygens (including phenoxy) is 3. The van der Waals surface area contributed by atoms with Crippen molar-refractivity contribution in [2.45, 2.75) is 200 Å².